The van der Waals surface area contributed by atoms with E-state index in [1.54, 1.807) is 19.7 Å². The number of aromatic nitrogens is 2. The van der Waals surface area contributed by atoms with Crippen molar-refractivity contribution < 1.29 is 14.3 Å². The number of ether oxygens (including phenoxy) is 2. The first-order chi connectivity index (χ1) is 11.2. The van der Waals surface area contributed by atoms with Crippen molar-refractivity contribution in [2.45, 2.75) is 13.5 Å². The van der Waals surface area contributed by atoms with Gasteiger partial charge in [0.2, 0.25) is 11.0 Å². The molecule has 0 saturated carbocycles. The molecule has 124 valence electrons. The summed E-state index contributed by atoms with van der Waals surface area (Å²) < 4.78 is 10.5. The Labute approximate surface area is 139 Å². The molecule has 0 atom stereocenters. The minimum Gasteiger partial charge on any atom is -0.493 e. The van der Waals surface area contributed by atoms with Gasteiger partial charge in [-0.3, -0.25) is 15.0 Å². The number of methoxy groups -OCH3 is 2. The lowest BCUT2D eigenvalue weighted by Gasteiger charge is -2.20. The molecule has 7 nitrogen and oxygen atoms in total. The minimum atomic E-state index is -0.107. The summed E-state index contributed by atoms with van der Waals surface area (Å²) in [7, 11) is 3.21. The molecule has 0 fully saturated rings. The van der Waals surface area contributed by atoms with E-state index in [4.69, 9.17) is 9.47 Å². The highest BCUT2D eigenvalue weighted by Crippen LogP contribution is 2.28. The Morgan fingerprint density at radius 2 is 2.09 bits per heavy atom. The number of amides is 1. The van der Waals surface area contributed by atoms with Gasteiger partial charge in [-0.1, -0.05) is 24.3 Å². The average Bonchev–Trinajstić information content (AvgIpc) is 3.06. The summed E-state index contributed by atoms with van der Waals surface area (Å²) >= 11 is 1.30. The van der Waals surface area contributed by atoms with Crippen LogP contribution in [0.2, 0.25) is 0 Å². The second kappa shape index (κ2) is 8.44. The van der Waals surface area contributed by atoms with E-state index in [0.717, 1.165) is 12.1 Å². The minimum absolute atomic E-state index is 0.107. The SMILES string of the molecule is CCN(CC(=O)Nc1nncs1)Cc1ccc(OC)c(OC)c1. The molecule has 1 aromatic carbocycles. The molecule has 0 aliphatic carbocycles. The third kappa shape index (κ3) is 4.90. The van der Waals surface area contributed by atoms with Crippen LogP contribution in [0.25, 0.3) is 0 Å². The molecule has 1 amide bonds. The van der Waals surface area contributed by atoms with Gasteiger partial charge in [-0.25, -0.2) is 0 Å². The van der Waals surface area contributed by atoms with Crippen LogP contribution in [0.15, 0.2) is 23.7 Å². The van der Waals surface area contributed by atoms with Crippen molar-refractivity contribution in [1.29, 1.82) is 0 Å². The maximum Gasteiger partial charge on any atom is 0.240 e. The Hall–Kier alpha value is -2.19. The Balaban J connectivity index is 1.97. The third-order valence-corrected chi connectivity index (χ3v) is 3.88. The van der Waals surface area contributed by atoms with Crippen molar-refractivity contribution in [2.24, 2.45) is 0 Å². The highest BCUT2D eigenvalue weighted by Gasteiger charge is 2.12. The summed E-state index contributed by atoms with van der Waals surface area (Å²) in [5.41, 5.74) is 2.63. The quantitative estimate of drug-likeness (QED) is 0.795. The highest BCUT2D eigenvalue weighted by molar-refractivity contribution is 7.13. The van der Waals surface area contributed by atoms with Gasteiger partial charge in [0.15, 0.2) is 11.5 Å². The fourth-order valence-corrected chi connectivity index (χ4v) is 2.57. The number of benzene rings is 1. The monoisotopic (exact) mass is 336 g/mol. The summed E-state index contributed by atoms with van der Waals surface area (Å²) in [5, 5.41) is 10.7. The lowest BCUT2D eigenvalue weighted by molar-refractivity contribution is -0.117. The van der Waals surface area contributed by atoms with Gasteiger partial charge >= 0.3 is 0 Å². The van der Waals surface area contributed by atoms with E-state index >= 15 is 0 Å². The molecule has 2 aromatic rings. The molecule has 0 unspecified atom stereocenters. The van der Waals surface area contributed by atoms with E-state index < -0.39 is 0 Å². The van der Waals surface area contributed by atoms with Gasteiger partial charge in [-0.05, 0) is 24.2 Å². The van der Waals surface area contributed by atoms with Gasteiger partial charge in [0.25, 0.3) is 0 Å². The van der Waals surface area contributed by atoms with E-state index in [0.29, 0.717) is 23.2 Å². The normalized spacial score (nSPS) is 10.6. The van der Waals surface area contributed by atoms with Crippen LogP contribution >= 0.6 is 11.3 Å². The van der Waals surface area contributed by atoms with E-state index in [1.807, 2.05) is 30.0 Å². The molecule has 0 spiro atoms. The van der Waals surface area contributed by atoms with Gasteiger partial charge < -0.3 is 9.47 Å². The second-order valence-electron chi connectivity index (χ2n) is 4.78. The van der Waals surface area contributed by atoms with Crippen molar-refractivity contribution >= 4 is 22.4 Å². The maximum absolute atomic E-state index is 12.0. The zero-order valence-electron chi connectivity index (χ0n) is 13.4. The van der Waals surface area contributed by atoms with Crippen LogP contribution in [0.4, 0.5) is 5.13 Å². The number of carbonyl (C=O) groups is 1. The lowest BCUT2D eigenvalue weighted by Crippen LogP contribution is -2.32. The molecule has 1 N–H and O–H groups in total. The molecular formula is C15H20N4O3S. The molecule has 23 heavy (non-hydrogen) atoms. The first kappa shape index (κ1) is 17.2. The Bertz CT molecular complexity index is 634. The zero-order chi connectivity index (χ0) is 16.7. The number of hydrogen-bond donors (Lipinski definition) is 1. The molecule has 1 aromatic heterocycles. The van der Waals surface area contributed by atoms with Crippen molar-refractivity contribution in [3.63, 3.8) is 0 Å². The van der Waals surface area contributed by atoms with Crippen LogP contribution < -0.4 is 14.8 Å². The molecule has 0 aliphatic heterocycles. The Morgan fingerprint density at radius 3 is 2.70 bits per heavy atom. The van der Waals surface area contributed by atoms with Gasteiger partial charge in [-0.2, -0.15) is 0 Å². The number of anilines is 1. The van der Waals surface area contributed by atoms with Gasteiger partial charge in [0, 0.05) is 6.54 Å². The van der Waals surface area contributed by atoms with E-state index in [1.165, 1.54) is 11.3 Å². The molecule has 1 heterocycles. The van der Waals surface area contributed by atoms with Gasteiger partial charge in [0.1, 0.15) is 5.51 Å². The Kier molecular flexibility index (Phi) is 6.30. The number of hydrogen-bond acceptors (Lipinski definition) is 7. The largest absolute Gasteiger partial charge is 0.493 e. The van der Waals surface area contributed by atoms with E-state index in [-0.39, 0.29) is 12.5 Å². The molecule has 8 heteroatoms. The number of carbonyl (C=O) groups excluding carboxylic acids is 1. The van der Waals surface area contributed by atoms with Crippen LogP contribution in [-0.2, 0) is 11.3 Å². The maximum atomic E-state index is 12.0. The van der Waals surface area contributed by atoms with E-state index in [9.17, 15) is 4.79 Å². The standard InChI is InChI=1S/C15H20N4O3S/c1-4-19(9-14(20)17-15-18-16-10-23-15)8-11-5-6-12(21-2)13(7-11)22-3/h5-7,10H,4,8-9H2,1-3H3,(H,17,18,20). The number of nitrogens with zero attached hydrogens (tertiary/aromatic N) is 3. The summed E-state index contributed by atoms with van der Waals surface area (Å²) in [4.78, 5) is 14.1. The molecule has 0 radical (unpaired) electrons. The first-order valence-corrected chi connectivity index (χ1v) is 8.03. The fourth-order valence-electron chi connectivity index (χ4n) is 2.11. The molecule has 0 bridgehead atoms. The molecule has 0 aliphatic rings. The molecule has 0 saturated heterocycles. The van der Waals surface area contributed by atoms with Crippen molar-refractivity contribution in [3.05, 3.63) is 29.3 Å². The van der Waals surface area contributed by atoms with Crippen molar-refractivity contribution in [2.75, 3.05) is 32.6 Å². The molecular weight excluding hydrogens is 316 g/mol. The predicted octanol–water partition coefficient (Wildman–Crippen LogP) is 2.02. The number of rotatable bonds is 8. The summed E-state index contributed by atoms with van der Waals surface area (Å²) in [5.74, 6) is 1.26. The lowest BCUT2D eigenvalue weighted by atomic mass is 10.2. The number of likely N-dealkylation sites (N-methyl/N-ethyl adjacent to an activating group) is 1. The van der Waals surface area contributed by atoms with Gasteiger partial charge in [0.05, 0.1) is 20.8 Å². The zero-order valence-corrected chi connectivity index (χ0v) is 14.2. The summed E-state index contributed by atoms with van der Waals surface area (Å²) in [6.07, 6.45) is 0. The highest BCUT2D eigenvalue weighted by atomic mass is 32.1. The fraction of sp³-hybridized carbons (Fsp3) is 0.400. The van der Waals surface area contributed by atoms with E-state index in [2.05, 4.69) is 15.5 Å². The average molecular weight is 336 g/mol. The molecule has 2 rings (SSSR count). The number of nitrogens with one attached hydrogen (secondary N) is 1. The Morgan fingerprint density at radius 1 is 1.30 bits per heavy atom. The van der Waals surface area contributed by atoms with Crippen molar-refractivity contribution in [3.8, 4) is 11.5 Å². The topological polar surface area (TPSA) is 76.6 Å². The van der Waals surface area contributed by atoms with Gasteiger partial charge in [-0.15, -0.1) is 10.2 Å². The third-order valence-electron chi connectivity index (χ3n) is 3.27. The first-order valence-electron chi connectivity index (χ1n) is 7.15. The smallest absolute Gasteiger partial charge is 0.240 e. The second-order valence-corrected chi connectivity index (χ2v) is 5.62. The van der Waals surface area contributed by atoms with Crippen LogP contribution in [0, 0.1) is 0 Å². The predicted molar refractivity (Wildman–Crippen MR) is 89.0 cm³/mol. The summed E-state index contributed by atoms with van der Waals surface area (Å²) in [6, 6.07) is 5.75. The van der Waals surface area contributed by atoms with Crippen LogP contribution in [0.1, 0.15) is 12.5 Å². The van der Waals surface area contributed by atoms with Crippen molar-refractivity contribution in [1.82, 2.24) is 15.1 Å². The van der Waals surface area contributed by atoms with Crippen LogP contribution in [-0.4, -0.2) is 48.3 Å². The van der Waals surface area contributed by atoms with Crippen LogP contribution in [0.5, 0.6) is 11.5 Å². The van der Waals surface area contributed by atoms with Crippen LogP contribution in [0.3, 0.4) is 0 Å². The summed E-state index contributed by atoms with van der Waals surface area (Å²) in [6.45, 7) is 3.68.